The summed E-state index contributed by atoms with van der Waals surface area (Å²) in [5.74, 6) is -3.24. The van der Waals surface area contributed by atoms with E-state index in [0.717, 1.165) is 0 Å². The highest BCUT2D eigenvalue weighted by Gasteiger charge is 2.79. The van der Waals surface area contributed by atoms with Gasteiger partial charge in [0.1, 0.15) is 24.2 Å². The van der Waals surface area contributed by atoms with Crippen LogP contribution in [0.15, 0.2) is 54.9 Å². The minimum Gasteiger partial charge on any atom is -0.461 e. The first-order valence-corrected chi connectivity index (χ1v) is 15.2. The number of nitrogens with zero attached hydrogens (tertiary/aromatic N) is 1. The van der Waals surface area contributed by atoms with E-state index in [-0.39, 0.29) is 24.0 Å². The average Bonchev–Trinajstić information content (AvgIpc) is 3.26. The fourth-order valence-electron chi connectivity index (χ4n) is 7.56. The van der Waals surface area contributed by atoms with Crippen molar-refractivity contribution in [1.29, 1.82) is 0 Å². The maximum atomic E-state index is 13.8. The molecule has 3 aliphatic rings. The van der Waals surface area contributed by atoms with Gasteiger partial charge in [-0.25, -0.2) is 9.59 Å². The van der Waals surface area contributed by atoms with Crippen LogP contribution in [0.25, 0.3) is 0 Å². The van der Waals surface area contributed by atoms with Crippen molar-refractivity contribution in [2.45, 2.75) is 90.3 Å². The molecule has 7 atom stereocenters. The lowest BCUT2D eigenvalue weighted by Crippen LogP contribution is -2.74. The van der Waals surface area contributed by atoms with Crippen LogP contribution >= 0.6 is 0 Å². The maximum absolute atomic E-state index is 13.8. The van der Waals surface area contributed by atoms with Gasteiger partial charge >= 0.3 is 23.9 Å². The summed E-state index contributed by atoms with van der Waals surface area (Å²) in [6.45, 7) is 10.3. The number of pyridine rings is 1. The summed E-state index contributed by atoms with van der Waals surface area (Å²) in [5, 5.41) is 0. The molecular weight excluding hydrogens is 566 g/mol. The van der Waals surface area contributed by atoms with Crippen molar-refractivity contribution < 1.29 is 42.9 Å². The Balaban J connectivity index is 1.71. The van der Waals surface area contributed by atoms with Gasteiger partial charge in [-0.2, -0.15) is 0 Å². The van der Waals surface area contributed by atoms with Crippen molar-refractivity contribution in [2.24, 2.45) is 23.2 Å². The smallest absolute Gasteiger partial charge is 0.339 e. The topological polar surface area (TPSA) is 127 Å². The molecule has 2 bridgehead atoms. The number of carbonyl (C=O) groups excluding carboxylic acids is 4. The van der Waals surface area contributed by atoms with Crippen LogP contribution in [0.5, 0.6) is 0 Å². The lowest BCUT2D eigenvalue weighted by molar-refractivity contribution is -0.287. The first-order chi connectivity index (χ1) is 20.8. The average molecular weight is 608 g/mol. The fraction of sp³-hybridized carbons (Fsp3) is 0.559. The van der Waals surface area contributed by atoms with E-state index >= 15 is 0 Å². The van der Waals surface area contributed by atoms with Crippen LogP contribution in [0.4, 0.5) is 0 Å². The van der Waals surface area contributed by atoms with Crippen molar-refractivity contribution in [1.82, 2.24) is 4.98 Å². The molecule has 0 amide bonds. The lowest BCUT2D eigenvalue weighted by atomic mass is 9.49. The van der Waals surface area contributed by atoms with Gasteiger partial charge in [0.15, 0.2) is 6.10 Å². The summed E-state index contributed by atoms with van der Waals surface area (Å²) < 4.78 is 31.8. The quantitative estimate of drug-likeness (QED) is 0.301. The largest absolute Gasteiger partial charge is 0.461 e. The van der Waals surface area contributed by atoms with Gasteiger partial charge in [0.05, 0.1) is 28.2 Å². The summed E-state index contributed by atoms with van der Waals surface area (Å²) in [5.41, 5.74) is -2.79. The summed E-state index contributed by atoms with van der Waals surface area (Å²) in [4.78, 5) is 57.1. The second-order valence-corrected chi connectivity index (χ2v) is 13.1. The molecule has 236 valence electrons. The normalized spacial score (nSPS) is 31.8. The first kappa shape index (κ1) is 31.6. The van der Waals surface area contributed by atoms with Crippen molar-refractivity contribution in [3.63, 3.8) is 0 Å². The van der Waals surface area contributed by atoms with Crippen molar-refractivity contribution in [3.05, 3.63) is 66.0 Å². The SMILES string of the molecule is CC(=O)OC1C2CC3(OC2(C)C)C(C)CCC(OC(=O)C(C)C)C3(COC(=O)c2cccnc2)C1OC(=O)c1ccccc1. The number of benzene rings is 1. The minimum absolute atomic E-state index is 0.117. The van der Waals surface area contributed by atoms with Gasteiger partial charge in [-0.15, -0.1) is 0 Å². The Morgan fingerprint density at radius 3 is 2.30 bits per heavy atom. The molecule has 2 aliphatic carbocycles. The van der Waals surface area contributed by atoms with Crippen molar-refractivity contribution in [2.75, 3.05) is 6.61 Å². The highest BCUT2D eigenvalue weighted by molar-refractivity contribution is 5.90. The molecule has 7 unspecified atom stereocenters. The van der Waals surface area contributed by atoms with E-state index in [4.69, 9.17) is 23.7 Å². The number of rotatable bonds is 8. The number of hydrogen-bond acceptors (Lipinski definition) is 10. The molecule has 2 aromatic rings. The van der Waals surface area contributed by atoms with E-state index in [1.807, 2.05) is 13.8 Å². The molecule has 1 aliphatic heterocycles. The minimum atomic E-state index is -1.43. The van der Waals surface area contributed by atoms with Crippen molar-refractivity contribution in [3.8, 4) is 0 Å². The molecule has 0 radical (unpaired) electrons. The molecule has 1 aromatic carbocycles. The zero-order chi connectivity index (χ0) is 31.9. The van der Waals surface area contributed by atoms with E-state index in [1.54, 1.807) is 62.5 Å². The number of hydrogen-bond donors (Lipinski definition) is 0. The zero-order valence-electron chi connectivity index (χ0n) is 26.1. The van der Waals surface area contributed by atoms with E-state index < -0.39 is 64.7 Å². The number of esters is 4. The lowest BCUT2D eigenvalue weighted by Gasteiger charge is -2.61. The molecule has 44 heavy (non-hydrogen) atoms. The van der Waals surface area contributed by atoms with Gasteiger partial charge < -0.3 is 23.7 Å². The predicted octanol–water partition coefficient (Wildman–Crippen LogP) is 4.95. The number of aromatic nitrogens is 1. The van der Waals surface area contributed by atoms with Gasteiger partial charge in [-0.3, -0.25) is 14.6 Å². The summed E-state index contributed by atoms with van der Waals surface area (Å²) in [6, 6.07) is 11.7. The molecule has 3 fully saturated rings. The molecule has 1 saturated heterocycles. The van der Waals surface area contributed by atoms with Gasteiger partial charge in [-0.1, -0.05) is 39.0 Å². The number of fused-ring (bicyclic) bond motifs is 1. The Bertz CT molecular complexity index is 1390. The second-order valence-electron chi connectivity index (χ2n) is 13.1. The van der Waals surface area contributed by atoms with Gasteiger partial charge in [0.2, 0.25) is 0 Å². The van der Waals surface area contributed by atoms with E-state index in [1.165, 1.54) is 13.1 Å². The Morgan fingerprint density at radius 1 is 0.955 bits per heavy atom. The molecule has 0 N–H and O–H groups in total. The molecule has 1 spiro atoms. The van der Waals surface area contributed by atoms with Crippen molar-refractivity contribution >= 4 is 23.9 Å². The summed E-state index contributed by atoms with van der Waals surface area (Å²) >= 11 is 0. The summed E-state index contributed by atoms with van der Waals surface area (Å²) in [7, 11) is 0. The third-order valence-electron chi connectivity index (χ3n) is 9.70. The number of carbonyl (C=O) groups is 4. The maximum Gasteiger partial charge on any atom is 0.339 e. The Hall–Kier alpha value is -3.79. The fourth-order valence-corrected chi connectivity index (χ4v) is 7.56. The van der Waals surface area contributed by atoms with Crippen LogP contribution in [-0.4, -0.2) is 65.0 Å². The van der Waals surface area contributed by atoms with E-state index in [0.29, 0.717) is 24.8 Å². The molecule has 5 rings (SSSR count). The van der Waals surface area contributed by atoms with Crippen LogP contribution in [0, 0.1) is 23.2 Å². The number of ether oxygens (including phenoxy) is 5. The van der Waals surface area contributed by atoms with E-state index in [2.05, 4.69) is 11.9 Å². The Kier molecular flexibility index (Phi) is 8.59. The van der Waals surface area contributed by atoms with Crippen LogP contribution in [-0.2, 0) is 33.3 Å². The van der Waals surface area contributed by atoms with Crippen LogP contribution in [0.2, 0.25) is 0 Å². The van der Waals surface area contributed by atoms with E-state index in [9.17, 15) is 19.2 Å². The second kappa shape index (κ2) is 12.0. The Morgan fingerprint density at radius 2 is 1.66 bits per heavy atom. The highest BCUT2D eigenvalue weighted by Crippen LogP contribution is 2.67. The standard InChI is InChI=1S/C34H41NO9/c1-20(2)29(37)42-26-15-14-21(3)34-17-25(32(5,6)44-34)27(41-22(4)36)28(43-31(39)23-11-8-7-9-12-23)33(26,34)19-40-30(38)24-13-10-16-35-18-24/h7-13,16,18,20-21,25-28H,14-15,17,19H2,1-6H3. The van der Waals surface area contributed by atoms with Crippen LogP contribution in [0.3, 0.4) is 0 Å². The zero-order valence-corrected chi connectivity index (χ0v) is 26.1. The highest BCUT2D eigenvalue weighted by atomic mass is 16.6. The predicted molar refractivity (Wildman–Crippen MR) is 157 cm³/mol. The molecule has 10 nitrogen and oxygen atoms in total. The van der Waals surface area contributed by atoms with Gasteiger partial charge in [-0.05, 0) is 63.3 Å². The molecule has 10 heteroatoms. The third kappa shape index (κ3) is 5.38. The third-order valence-corrected chi connectivity index (χ3v) is 9.70. The van der Waals surface area contributed by atoms with Crippen LogP contribution in [0.1, 0.15) is 81.5 Å². The van der Waals surface area contributed by atoms with Gasteiger partial charge in [0.25, 0.3) is 0 Å². The van der Waals surface area contributed by atoms with Gasteiger partial charge in [0, 0.05) is 25.2 Å². The molecule has 2 heterocycles. The molecule has 1 aromatic heterocycles. The Labute approximate surface area is 257 Å². The molecular formula is C34H41NO9. The monoisotopic (exact) mass is 607 g/mol. The molecule has 2 saturated carbocycles. The van der Waals surface area contributed by atoms with Crippen LogP contribution < -0.4 is 0 Å². The first-order valence-electron chi connectivity index (χ1n) is 15.2. The summed E-state index contributed by atoms with van der Waals surface area (Å²) in [6.07, 6.45) is 1.35.